The fraction of sp³-hybridized carbons (Fsp3) is 0.0952. The molecule has 0 saturated carbocycles. The molecule has 0 fully saturated rings. The molecule has 2 N–H and O–H groups in total. The van der Waals surface area contributed by atoms with Crippen LogP contribution in [0.5, 0.6) is 5.75 Å². The number of hydrazone groups is 1. The van der Waals surface area contributed by atoms with Crippen LogP contribution in [0.25, 0.3) is 0 Å². The minimum atomic E-state index is -0.896. The van der Waals surface area contributed by atoms with Crippen molar-refractivity contribution in [3.63, 3.8) is 0 Å². The van der Waals surface area contributed by atoms with Crippen molar-refractivity contribution in [2.24, 2.45) is 5.10 Å². The van der Waals surface area contributed by atoms with E-state index in [4.69, 9.17) is 32.4 Å². The van der Waals surface area contributed by atoms with E-state index >= 15 is 0 Å². The van der Waals surface area contributed by atoms with Crippen LogP contribution in [0.3, 0.4) is 0 Å². The summed E-state index contributed by atoms with van der Waals surface area (Å²) in [6, 6.07) is 15.7. The maximum Gasteiger partial charge on any atom is 0.329 e. The summed E-state index contributed by atoms with van der Waals surface area (Å²) in [5.41, 5.74) is 3.72. The number of hydrogen-bond donors (Lipinski definition) is 2. The maximum atomic E-state index is 11.7. The van der Waals surface area contributed by atoms with Gasteiger partial charge in [-0.25, -0.2) is 5.43 Å². The van der Waals surface area contributed by atoms with Gasteiger partial charge in [0.15, 0.2) is 0 Å². The molecule has 0 spiro atoms. The molecular formula is C21H17Cl2N3O4. The van der Waals surface area contributed by atoms with Gasteiger partial charge in [-0.05, 0) is 53.6 Å². The number of carbonyl (C=O) groups excluding carboxylic acids is 2. The van der Waals surface area contributed by atoms with Crippen LogP contribution in [0.1, 0.15) is 16.9 Å². The summed E-state index contributed by atoms with van der Waals surface area (Å²) < 4.78 is 10.8. The first-order valence-corrected chi connectivity index (χ1v) is 9.57. The van der Waals surface area contributed by atoms with Gasteiger partial charge in [-0.1, -0.05) is 35.3 Å². The van der Waals surface area contributed by atoms with E-state index in [1.807, 2.05) is 12.1 Å². The number of carbonyl (C=O) groups is 2. The minimum Gasteiger partial charge on any atom is -0.487 e. The van der Waals surface area contributed by atoms with Crippen LogP contribution in [-0.4, -0.2) is 18.0 Å². The third kappa shape index (κ3) is 6.37. The van der Waals surface area contributed by atoms with Gasteiger partial charge in [0.2, 0.25) is 0 Å². The molecule has 3 aromatic rings. The lowest BCUT2D eigenvalue weighted by molar-refractivity contribution is -0.139. The molecule has 154 valence electrons. The van der Waals surface area contributed by atoms with E-state index in [1.54, 1.807) is 42.5 Å². The van der Waals surface area contributed by atoms with E-state index in [0.29, 0.717) is 33.7 Å². The molecule has 0 saturated heterocycles. The highest BCUT2D eigenvalue weighted by Crippen LogP contribution is 2.26. The zero-order chi connectivity index (χ0) is 21.3. The van der Waals surface area contributed by atoms with Gasteiger partial charge in [0.1, 0.15) is 18.1 Å². The number of nitrogens with zero attached hydrogens (tertiary/aromatic N) is 1. The van der Waals surface area contributed by atoms with Crippen molar-refractivity contribution in [3.05, 3.63) is 87.8 Å². The molecule has 0 aliphatic rings. The molecule has 1 aromatic heterocycles. The van der Waals surface area contributed by atoms with Gasteiger partial charge in [0, 0.05) is 5.02 Å². The van der Waals surface area contributed by atoms with E-state index in [9.17, 15) is 9.59 Å². The van der Waals surface area contributed by atoms with E-state index in [-0.39, 0.29) is 6.54 Å². The third-order valence-electron chi connectivity index (χ3n) is 3.85. The maximum absolute atomic E-state index is 11.7. The second kappa shape index (κ2) is 10.5. The summed E-state index contributed by atoms with van der Waals surface area (Å²) in [5.74, 6) is -0.683. The molecule has 9 heteroatoms. The molecule has 30 heavy (non-hydrogen) atoms. The van der Waals surface area contributed by atoms with Gasteiger partial charge in [-0.3, -0.25) is 9.59 Å². The van der Waals surface area contributed by atoms with Gasteiger partial charge in [0.25, 0.3) is 0 Å². The molecule has 2 amide bonds. The highest BCUT2D eigenvalue weighted by Gasteiger charge is 2.12. The molecule has 0 aliphatic heterocycles. The van der Waals surface area contributed by atoms with Gasteiger partial charge in [0.05, 0.1) is 24.0 Å². The van der Waals surface area contributed by atoms with Gasteiger partial charge < -0.3 is 14.5 Å². The van der Waals surface area contributed by atoms with Gasteiger partial charge >= 0.3 is 11.8 Å². The number of rotatable bonds is 7. The summed E-state index contributed by atoms with van der Waals surface area (Å²) in [7, 11) is 0. The van der Waals surface area contributed by atoms with Crippen LogP contribution in [0.2, 0.25) is 10.0 Å². The van der Waals surface area contributed by atoms with Crippen LogP contribution in [0, 0.1) is 0 Å². The standard InChI is InChI=1S/C21H17Cl2N3O4/c22-16-6-3-14(4-7-16)13-30-19-8-5-15(10-18(19)23)11-25-26-21(28)20(27)24-12-17-2-1-9-29-17/h1-11H,12-13H2,(H,24,27)(H,26,28)/b25-11-. The van der Waals surface area contributed by atoms with E-state index in [1.165, 1.54) is 12.5 Å². The Balaban J connectivity index is 1.48. The number of ether oxygens (including phenoxy) is 1. The summed E-state index contributed by atoms with van der Waals surface area (Å²) in [4.78, 5) is 23.4. The lowest BCUT2D eigenvalue weighted by Crippen LogP contribution is -2.37. The van der Waals surface area contributed by atoms with Crippen molar-refractivity contribution in [3.8, 4) is 5.75 Å². The molecule has 0 aliphatic carbocycles. The first-order chi connectivity index (χ1) is 14.5. The van der Waals surface area contributed by atoms with Crippen molar-refractivity contribution in [2.45, 2.75) is 13.2 Å². The zero-order valence-electron chi connectivity index (χ0n) is 15.6. The Morgan fingerprint density at radius 1 is 1.07 bits per heavy atom. The fourth-order valence-electron chi connectivity index (χ4n) is 2.33. The number of amides is 2. The first-order valence-electron chi connectivity index (χ1n) is 8.81. The number of furan rings is 1. The Morgan fingerprint density at radius 3 is 2.57 bits per heavy atom. The number of nitrogens with one attached hydrogen (secondary N) is 2. The number of benzene rings is 2. The quantitative estimate of drug-likeness (QED) is 0.327. The smallest absolute Gasteiger partial charge is 0.329 e. The summed E-state index contributed by atoms with van der Waals surface area (Å²) >= 11 is 12.1. The van der Waals surface area contributed by atoms with Crippen molar-refractivity contribution >= 4 is 41.2 Å². The molecule has 0 unspecified atom stereocenters. The largest absolute Gasteiger partial charge is 0.487 e. The van der Waals surface area contributed by atoms with Crippen molar-refractivity contribution in [1.29, 1.82) is 0 Å². The predicted octanol–water partition coefficient (Wildman–Crippen LogP) is 3.93. The molecule has 1 heterocycles. The van der Waals surface area contributed by atoms with Crippen molar-refractivity contribution in [1.82, 2.24) is 10.7 Å². The molecule has 2 aromatic carbocycles. The van der Waals surface area contributed by atoms with Crippen LogP contribution < -0.4 is 15.5 Å². The fourth-order valence-corrected chi connectivity index (χ4v) is 2.70. The normalized spacial score (nSPS) is 10.7. The van der Waals surface area contributed by atoms with Crippen LogP contribution in [0.4, 0.5) is 0 Å². The highest BCUT2D eigenvalue weighted by atomic mass is 35.5. The highest BCUT2D eigenvalue weighted by molar-refractivity contribution is 6.35. The molecule has 7 nitrogen and oxygen atoms in total. The SMILES string of the molecule is O=C(NCc1ccco1)C(=O)N/N=C\c1ccc(OCc2ccc(Cl)cc2)c(Cl)c1. The third-order valence-corrected chi connectivity index (χ3v) is 4.40. The Morgan fingerprint density at radius 2 is 1.87 bits per heavy atom. The lowest BCUT2D eigenvalue weighted by atomic mass is 10.2. The molecule has 0 bridgehead atoms. The zero-order valence-corrected chi connectivity index (χ0v) is 17.1. The summed E-state index contributed by atoms with van der Waals surface area (Å²) in [6.45, 7) is 0.448. The van der Waals surface area contributed by atoms with Crippen molar-refractivity contribution in [2.75, 3.05) is 0 Å². The molecule has 3 rings (SSSR count). The second-order valence-corrected chi connectivity index (χ2v) is 6.91. The number of hydrogen-bond acceptors (Lipinski definition) is 5. The Bertz CT molecular complexity index is 1030. The van der Waals surface area contributed by atoms with E-state index in [2.05, 4.69) is 15.8 Å². The summed E-state index contributed by atoms with van der Waals surface area (Å²) in [5, 5.41) is 7.22. The van der Waals surface area contributed by atoms with Crippen LogP contribution in [0.15, 0.2) is 70.4 Å². The van der Waals surface area contributed by atoms with Crippen LogP contribution in [-0.2, 0) is 22.7 Å². The average Bonchev–Trinajstić information content (AvgIpc) is 3.26. The monoisotopic (exact) mass is 445 g/mol. The molecule has 0 radical (unpaired) electrons. The Kier molecular flexibility index (Phi) is 7.48. The Labute approximate surface area is 182 Å². The first kappa shape index (κ1) is 21.4. The average molecular weight is 446 g/mol. The van der Waals surface area contributed by atoms with Gasteiger partial charge in [-0.15, -0.1) is 0 Å². The minimum absolute atomic E-state index is 0.107. The summed E-state index contributed by atoms with van der Waals surface area (Å²) in [6.07, 6.45) is 2.84. The van der Waals surface area contributed by atoms with E-state index in [0.717, 1.165) is 5.56 Å². The van der Waals surface area contributed by atoms with Crippen LogP contribution >= 0.6 is 23.2 Å². The second-order valence-electron chi connectivity index (χ2n) is 6.07. The predicted molar refractivity (Wildman–Crippen MR) is 114 cm³/mol. The lowest BCUT2D eigenvalue weighted by Gasteiger charge is -2.08. The molecule has 0 atom stereocenters. The van der Waals surface area contributed by atoms with Gasteiger partial charge in [-0.2, -0.15) is 5.10 Å². The van der Waals surface area contributed by atoms with E-state index < -0.39 is 11.8 Å². The molecular weight excluding hydrogens is 429 g/mol. The van der Waals surface area contributed by atoms with Crippen molar-refractivity contribution < 1.29 is 18.7 Å². The Hall–Kier alpha value is -3.29. The topological polar surface area (TPSA) is 92.9 Å². The number of halogens is 2.